The van der Waals surface area contributed by atoms with Crippen molar-refractivity contribution in [1.29, 1.82) is 0 Å². The van der Waals surface area contributed by atoms with Crippen LogP contribution in [0.5, 0.6) is 0 Å². The standard InChI is InChI=1S/C22H28N2O2/c1-14-11-17(4)21(18(5)12-14)24(19(6)25)10-9-23-22(26)20-8-7-15(2)16(3)13-20/h7-8,11-13H,9-10H2,1-6H3,(H,23,26). The number of nitrogens with one attached hydrogen (secondary N) is 1. The van der Waals surface area contributed by atoms with Crippen LogP contribution in [0.2, 0.25) is 0 Å². The average Bonchev–Trinajstić information content (AvgIpc) is 2.54. The van der Waals surface area contributed by atoms with E-state index in [9.17, 15) is 9.59 Å². The molecule has 0 saturated heterocycles. The summed E-state index contributed by atoms with van der Waals surface area (Å²) in [6, 6.07) is 9.82. The number of benzene rings is 2. The molecular formula is C22H28N2O2. The molecule has 0 fully saturated rings. The molecule has 0 heterocycles. The van der Waals surface area contributed by atoms with Gasteiger partial charge in [0.1, 0.15) is 0 Å². The molecule has 4 heteroatoms. The quantitative estimate of drug-likeness (QED) is 0.884. The van der Waals surface area contributed by atoms with E-state index in [1.165, 1.54) is 5.56 Å². The molecule has 0 aliphatic carbocycles. The number of hydrogen-bond donors (Lipinski definition) is 1. The second-order valence-corrected chi connectivity index (χ2v) is 6.97. The van der Waals surface area contributed by atoms with Gasteiger partial charge < -0.3 is 10.2 Å². The first kappa shape index (κ1) is 19.7. The Bertz CT molecular complexity index is 817. The number of amides is 2. The maximum Gasteiger partial charge on any atom is 0.251 e. The summed E-state index contributed by atoms with van der Waals surface area (Å²) in [6.07, 6.45) is 0. The van der Waals surface area contributed by atoms with Gasteiger partial charge in [-0.1, -0.05) is 23.8 Å². The summed E-state index contributed by atoms with van der Waals surface area (Å²) in [5.41, 5.74) is 7.14. The van der Waals surface area contributed by atoms with Gasteiger partial charge in [0.05, 0.1) is 0 Å². The lowest BCUT2D eigenvalue weighted by Gasteiger charge is -2.25. The van der Waals surface area contributed by atoms with Crippen LogP contribution < -0.4 is 10.2 Å². The largest absolute Gasteiger partial charge is 0.350 e. The number of nitrogens with zero attached hydrogens (tertiary/aromatic N) is 1. The molecule has 0 unspecified atom stereocenters. The molecule has 1 N–H and O–H groups in total. The summed E-state index contributed by atoms with van der Waals surface area (Å²) in [6.45, 7) is 12.5. The molecule has 0 aliphatic heterocycles. The average molecular weight is 352 g/mol. The molecule has 138 valence electrons. The van der Waals surface area contributed by atoms with Crippen LogP contribution in [0.4, 0.5) is 5.69 Å². The van der Waals surface area contributed by atoms with Crippen molar-refractivity contribution in [3.8, 4) is 0 Å². The smallest absolute Gasteiger partial charge is 0.251 e. The van der Waals surface area contributed by atoms with E-state index in [-0.39, 0.29) is 11.8 Å². The van der Waals surface area contributed by atoms with Gasteiger partial charge in [-0.2, -0.15) is 0 Å². The number of aryl methyl sites for hydroxylation is 5. The van der Waals surface area contributed by atoms with Crippen LogP contribution in [0.25, 0.3) is 0 Å². The van der Waals surface area contributed by atoms with Gasteiger partial charge in [0.25, 0.3) is 5.91 Å². The lowest BCUT2D eigenvalue weighted by atomic mass is 10.0. The summed E-state index contributed by atoms with van der Waals surface area (Å²) >= 11 is 0. The van der Waals surface area contributed by atoms with E-state index in [0.29, 0.717) is 18.7 Å². The van der Waals surface area contributed by atoms with Gasteiger partial charge in [-0.25, -0.2) is 0 Å². The van der Waals surface area contributed by atoms with Crippen LogP contribution in [0.15, 0.2) is 30.3 Å². The van der Waals surface area contributed by atoms with Crippen LogP contribution in [0.1, 0.15) is 45.1 Å². The van der Waals surface area contributed by atoms with Crippen molar-refractivity contribution in [3.63, 3.8) is 0 Å². The Morgan fingerprint density at radius 1 is 0.885 bits per heavy atom. The monoisotopic (exact) mass is 352 g/mol. The minimum atomic E-state index is -0.117. The van der Waals surface area contributed by atoms with Gasteiger partial charge in [-0.3, -0.25) is 9.59 Å². The Kier molecular flexibility index (Phi) is 6.19. The Balaban J connectivity index is 2.09. The van der Waals surface area contributed by atoms with Crippen molar-refractivity contribution < 1.29 is 9.59 Å². The third kappa shape index (κ3) is 4.51. The number of hydrogen-bond acceptors (Lipinski definition) is 2. The van der Waals surface area contributed by atoms with Gasteiger partial charge in [-0.05, 0) is 69.0 Å². The molecule has 0 spiro atoms. The van der Waals surface area contributed by atoms with Gasteiger partial charge >= 0.3 is 0 Å². The fourth-order valence-electron chi connectivity index (χ4n) is 3.29. The normalized spacial score (nSPS) is 10.5. The zero-order valence-electron chi connectivity index (χ0n) is 16.6. The van der Waals surface area contributed by atoms with Crippen LogP contribution in [-0.2, 0) is 4.79 Å². The molecule has 2 aromatic carbocycles. The fraction of sp³-hybridized carbons (Fsp3) is 0.364. The second kappa shape index (κ2) is 8.17. The van der Waals surface area contributed by atoms with Crippen molar-refractivity contribution in [2.75, 3.05) is 18.0 Å². The van der Waals surface area contributed by atoms with Gasteiger partial charge in [0.15, 0.2) is 0 Å². The summed E-state index contributed by atoms with van der Waals surface area (Å²) in [5.74, 6) is -0.144. The zero-order valence-corrected chi connectivity index (χ0v) is 16.6. The molecule has 0 radical (unpaired) electrons. The molecule has 4 nitrogen and oxygen atoms in total. The molecule has 0 aromatic heterocycles. The number of carbonyl (C=O) groups excluding carboxylic acids is 2. The highest BCUT2D eigenvalue weighted by molar-refractivity contribution is 5.95. The highest BCUT2D eigenvalue weighted by atomic mass is 16.2. The van der Waals surface area contributed by atoms with Crippen molar-refractivity contribution in [1.82, 2.24) is 5.32 Å². The van der Waals surface area contributed by atoms with Crippen molar-refractivity contribution >= 4 is 17.5 Å². The zero-order chi connectivity index (χ0) is 19.4. The van der Waals surface area contributed by atoms with Crippen LogP contribution in [0.3, 0.4) is 0 Å². The topological polar surface area (TPSA) is 49.4 Å². The maximum absolute atomic E-state index is 12.4. The molecule has 2 amide bonds. The van der Waals surface area contributed by atoms with Crippen molar-refractivity contribution in [3.05, 3.63) is 63.7 Å². The SMILES string of the molecule is CC(=O)N(CCNC(=O)c1ccc(C)c(C)c1)c1c(C)cc(C)cc1C. The first-order valence-electron chi connectivity index (χ1n) is 8.92. The summed E-state index contributed by atoms with van der Waals surface area (Å²) < 4.78 is 0. The summed E-state index contributed by atoms with van der Waals surface area (Å²) in [7, 11) is 0. The van der Waals surface area contributed by atoms with Crippen LogP contribution >= 0.6 is 0 Å². The predicted molar refractivity (Wildman–Crippen MR) is 107 cm³/mol. The number of carbonyl (C=O) groups is 2. The van der Waals surface area contributed by atoms with E-state index in [4.69, 9.17) is 0 Å². The van der Waals surface area contributed by atoms with Crippen LogP contribution in [0, 0.1) is 34.6 Å². The van der Waals surface area contributed by atoms with E-state index in [0.717, 1.165) is 27.9 Å². The molecule has 0 atom stereocenters. The van der Waals surface area contributed by atoms with E-state index < -0.39 is 0 Å². The van der Waals surface area contributed by atoms with Gasteiger partial charge in [0.2, 0.25) is 5.91 Å². The lowest BCUT2D eigenvalue weighted by Crippen LogP contribution is -2.38. The molecule has 0 bridgehead atoms. The van der Waals surface area contributed by atoms with E-state index in [1.54, 1.807) is 11.8 Å². The van der Waals surface area contributed by atoms with E-state index >= 15 is 0 Å². The fourth-order valence-corrected chi connectivity index (χ4v) is 3.29. The minimum Gasteiger partial charge on any atom is -0.350 e. The Morgan fingerprint density at radius 2 is 1.50 bits per heavy atom. The predicted octanol–water partition coefficient (Wildman–Crippen LogP) is 4.01. The van der Waals surface area contributed by atoms with Crippen molar-refractivity contribution in [2.24, 2.45) is 0 Å². The molecule has 2 rings (SSSR count). The minimum absolute atomic E-state index is 0.0273. The van der Waals surface area contributed by atoms with E-state index in [2.05, 4.69) is 17.4 Å². The summed E-state index contributed by atoms with van der Waals surface area (Å²) in [4.78, 5) is 26.3. The first-order chi connectivity index (χ1) is 12.2. The third-order valence-electron chi connectivity index (χ3n) is 4.68. The first-order valence-corrected chi connectivity index (χ1v) is 8.92. The number of anilines is 1. The molecule has 0 aliphatic rings. The van der Waals surface area contributed by atoms with E-state index in [1.807, 2.05) is 52.8 Å². The Labute approximate surface area is 156 Å². The van der Waals surface area contributed by atoms with Gasteiger partial charge in [-0.15, -0.1) is 0 Å². The Morgan fingerprint density at radius 3 is 2.04 bits per heavy atom. The second-order valence-electron chi connectivity index (χ2n) is 6.97. The molecule has 26 heavy (non-hydrogen) atoms. The molecular weight excluding hydrogens is 324 g/mol. The maximum atomic E-state index is 12.4. The molecule has 0 saturated carbocycles. The lowest BCUT2D eigenvalue weighted by molar-refractivity contribution is -0.116. The number of rotatable bonds is 5. The highest BCUT2D eigenvalue weighted by Crippen LogP contribution is 2.26. The summed E-state index contributed by atoms with van der Waals surface area (Å²) in [5, 5.41) is 2.92. The molecule has 2 aromatic rings. The van der Waals surface area contributed by atoms with Crippen LogP contribution in [-0.4, -0.2) is 24.9 Å². The van der Waals surface area contributed by atoms with Gasteiger partial charge in [0, 0.05) is 31.3 Å². The highest BCUT2D eigenvalue weighted by Gasteiger charge is 2.17. The van der Waals surface area contributed by atoms with Crippen molar-refractivity contribution in [2.45, 2.75) is 41.5 Å². The Hall–Kier alpha value is -2.62. The third-order valence-corrected chi connectivity index (χ3v) is 4.68.